The molecule has 3 aromatic rings. The smallest absolute Gasteiger partial charge is 0.322 e. The number of alkyl halides is 2. The minimum Gasteiger partial charge on any atom is -0.365 e. The number of primary amides is 1. The van der Waals surface area contributed by atoms with Crippen LogP contribution in [0.15, 0.2) is 36.4 Å². The number of anilines is 1. The number of fused-ring (bicyclic) bond motifs is 1. The topological polar surface area (TPSA) is 117 Å². The van der Waals surface area contributed by atoms with Crippen LogP contribution >= 0.6 is 23.2 Å². The second-order valence-electron chi connectivity index (χ2n) is 7.63. The van der Waals surface area contributed by atoms with Crippen LogP contribution in [0.25, 0.3) is 11.3 Å². The SMILES string of the molecule is N#Cc1ccc(NC(=O)N2Cc3c(C(N)=O)c(-c4ccc(F)c(Cl)c4)nn3C(C(F)F)C2)cc1Cl. The number of nitrogens with one attached hydrogen (secondary N) is 1. The average molecular weight is 523 g/mol. The van der Waals surface area contributed by atoms with Crippen molar-refractivity contribution in [1.82, 2.24) is 14.7 Å². The summed E-state index contributed by atoms with van der Waals surface area (Å²) in [5.41, 5.74) is 5.95. The summed E-state index contributed by atoms with van der Waals surface area (Å²) >= 11 is 11.8. The molecule has 35 heavy (non-hydrogen) atoms. The summed E-state index contributed by atoms with van der Waals surface area (Å²) in [6.07, 6.45) is -2.95. The maximum absolute atomic E-state index is 14.0. The number of benzene rings is 2. The van der Waals surface area contributed by atoms with Gasteiger partial charge in [0.25, 0.3) is 12.3 Å². The van der Waals surface area contributed by atoms with Gasteiger partial charge in [0, 0.05) is 11.3 Å². The van der Waals surface area contributed by atoms with Gasteiger partial charge in [-0.3, -0.25) is 9.48 Å². The van der Waals surface area contributed by atoms with Gasteiger partial charge in [0.15, 0.2) is 0 Å². The van der Waals surface area contributed by atoms with E-state index < -0.39 is 36.8 Å². The molecule has 1 aromatic heterocycles. The Balaban J connectivity index is 1.72. The number of carbonyl (C=O) groups is 2. The fraction of sp³-hybridized carbons (Fsp3) is 0.182. The summed E-state index contributed by atoms with van der Waals surface area (Å²) < 4.78 is 42.6. The van der Waals surface area contributed by atoms with E-state index >= 15 is 0 Å². The molecule has 3 amide bonds. The molecule has 2 aromatic carbocycles. The summed E-state index contributed by atoms with van der Waals surface area (Å²) in [7, 11) is 0. The van der Waals surface area contributed by atoms with Crippen LogP contribution in [-0.2, 0) is 6.54 Å². The number of rotatable bonds is 4. The lowest BCUT2D eigenvalue weighted by molar-refractivity contribution is 0.0444. The first-order valence-corrected chi connectivity index (χ1v) is 10.8. The van der Waals surface area contributed by atoms with Gasteiger partial charge in [-0.2, -0.15) is 10.4 Å². The van der Waals surface area contributed by atoms with Gasteiger partial charge >= 0.3 is 6.03 Å². The largest absolute Gasteiger partial charge is 0.365 e. The molecule has 0 spiro atoms. The molecule has 8 nitrogen and oxygen atoms in total. The van der Waals surface area contributed by atoms with Crippen molar-refractivity contribution in [3.8, 4) is 17.3 Å². The molecule has 13 heteroatoms. The van der Waals surface area contributed by atoms with Crippen LogP contribution in [0.1, 0.15) is 27.7 Å². The van der Waals surface area contributed by atoms with Crippen molar-refractivity contribution in [2.24, 2.45) is 5.73 Å². The third-order valence-corrected chi connectivity index (χ3v) is 6.03. The highest BCUT2D eigenvalue weighted by atomic mass is 35.5. The van der Waals surface area contributed by atoms with E-state index in [-0.39, 0.29) is 50.4 Å². The van der Waals surface area contributed by atoms with Crippen molar-refractivity contribution in [2.75, 3.05) is 11.9 Å². The third-order valence-electron chi connectivity index (χ3n) is 5.43. The first kappa shape index (κ1) is 24.4. The highest BCUT2D eigenvalue weighted by molar-refractivity contribution is 6.32. The molecular formula is C22H15Cl2F3N6O2. The number of nitrogens with two attached hydrogens (primary N) is 1. The van der Waals surface area contributed by atoms with Gasteiger partial charge in [0.1, 0.15) is 23.6 Å². The monoisotopic (exact) mass is 522 g/mol. The van der Waals surface area contributed by atoms with Crippen molar-refractivity contribution in [2.45, 2.75) is 19.0 Å². The van der Waals surface area contributed by atoms with Gasteiger partial charge in [0.05, 0.1) is 40.0 Å². The molecule has 0 saturated carbocycles. The number of hydrogen-bond acceptors (Lipinski definition) is 4. The molecule has 0 aliphatic carbocycles. The van der Waals surface area contributed by atoms with Crippen LogP contribution in [-0.4, -0.2) is 39.6 Å². The predicted octanol–water partition coefficient (Wildman–Crippen LogP) is 4.82. The number of aromatic nitrogens is 2. The highest BCUT2D eigenvalue weighted by Crippen LogP contribution is 2.35. The van der Waals surface area contributed by atoms with E-state index in [0.717, 1.165) is 15.6 Å². The predicted molar refractivity (Wildman–Crippen MR) is 122 cm³/mol. The second-order valence-corrected chi connectivity index (χ2v) is 8.44. The zero-order valence-electron chi connectivity index (χ0n) is 17.6. The second kappa shape index (κ2) is 9.48. The summed E-state index contributed by atoms with van der Waals surface area (Å²) in [6, 6.07) is 7.28. The Morgan fingerprint density at radius 1 is 1.20 bits per heavy atom. The minimum atomic E-state index is -2.95. The van der Waals surface area contributed by atoms with Crippen LogP contribution in [0.4, 0.5) is 23.7 Å². The summed E-state index contributed by atoms with van der Waals surface area (Å²) in [6.45, 7) is -0.691. The lowest BCUT2D eigenvalue weighted by Gasteiger charge is -2.33. The zero-order chi connectivity index (χ0) is 25.4. The number of urea groups is 1. The Morgan fingerprint density at radius 2 is 1.94 bits per heavy atom. The Kier molecular flexibility index (Phi) is 6.60. The molecule has 0 saturated heterocycles. The molecule has 2 heterocycles. The van der Waals surface area contributed by atoms with E-state index in [1.807, 2.05) is 6.07 Å². The number of carbonyl (C=O) groups excluding carboxylic acids is 2. The maximum Gasteiger partial charge on any atom is 0.322 e. The fourth-order valence-electron chi connectivity index (χ4n) is 3.78. The average Bonchev–Trinajstić information content (AvgIpc) is 3.20. The molecule has 0 bridgehead atoms. The van der Waals surface area contributed by atoms with Crippen LogP contribution in [0.5, 0.6) is 0 Å². The molecule has 0 fully saturated rings. The first-order chi connectivity index (χ1) is 16.6. The van der Waals surface area contributed by atoms with E-state index in [1.165, 1.54) is 30.3 Å². The molecule has 180 valence electrons. The minimum absolute atomic E-state index is 0.00231. The Bertz CT molecular complexity index is 1390. The standard InChI is InChI=1S/C22H15Cl2F3N6O2/c23-13-6-12(3-1-11(13)7-28)30-22(35)32-8-16-18(21(29)34)19(10-2-4-15(25)14(24)5-10)31-33(16)17(9-32)20(26)27/h1-6,17,20H,8-9H2,(H2,29,34)(H,30,35). The number of amides is 3. The van der Waals surface area contributed by atoms with Gasteiger partial charge in [-0.05, 0) is 36.4 Å². The van der Waals surface area contributed by atoms with Crippen LogP contribution in [0.2, 0.25) is 10.0 Å². The van der Waals surface area contributed by atoms with E-state index in [4.69, 9.17) is 34.2 Å². The van der Waals surface area contributed by atoms with Crippen molar-refractivity contribution in [1.29, 1.82) is 5.26 Å². The zero-order valence-corrected chi connectivity index (χ0v) is 19.1. The molecule has 4 rings (SSSR count). The van der Waals surface area contributed by atoms with Gasteiger partial charge in [-0.25, -0.2) is 18.0 Å². The molecule has 1 aliphatic rings. The van der Waals surface area contributed by atoms with Crippen molar-refractivity contribution < 1.29 is 22.8 Å². The Morgan fingerprint density at radius 3 is 2.54 bits per heavy atom. The molecule has 1 unspecified atom stereocenters. The summed E-state index contributed by atoms with van der Waals surface area (Å²) in [5, 5.41) is 15.5. The lowest BCUT2D eigenvalue weighted by Crippen LogP contribution is -2.45. The fourth-order valence-corrected chi connectivity index (χ4v) is 4.18. The van der Waals surface area contributed by atoms with Gasteiger partial charge < -0.3 is 16.0 Å². The van der Waals surface area contributed by atoms with Crippen LogP contribution < -0.4 is 11.1 Å². The van der Waals surface area contributed by atoms with Crippen LogP contribution in [0, 0.1) is 17.1 Å². The Hall–Kier alpha value is -3.75. The number of hydrogen-bond donors (Lipinski definition) is 2. The van der Waals surface area contributed by atoms with E-state index in [9.17, 15) is 22.8 Å². The number of nitriles is 1. The van der Waals surface area contributed by atoms with Crippen molar-refractivity contribution in [3.63, 3.8) is 0 Å². The van der Waals surface area contributed by atoms with E-state index in [1.54, 1.807) is 0 Å². The molecule has 1 aliphatic heterocycles. The first-order valence-electron chi connectivity index (χ1n) is 10.0. The Labute approximate surface area is 206 Å². The van der Waals surface area contributed by atoms with Crippen LogP contribution in [0.3, 0.4) is 0 Å². The van der Waals surface area contributed by atoms with E-state index in [2.05, 4.69) is 10.4 Å². The van der Waals surface area contributed by atoms with Gasteiger partial charge in [0.2, 0.25) is 0 Å². The third kappa shape index (κ3) is 4.62. The number of halogens is 5. The van der Waals surface area contributed by atoms with Crippen molar-refractivity contribution in [3.05, 3.63) is 69.1 Å². The van der Waals surface area contributed by atoms with Crippen molar-refractivity contribution >= 4 is 40.8 Å². The summed E-state index contributed by atoms with van der Waals surface area (Å²) in [4.78, 5) is 26.3. The quantitative estimate of drug-likeness (QED) is 0.510. The molecule has 0 radical (unpaired) electrons. The van der Waals surface area contributed by atoms with Gasteiger partial charge in [-0.15, -0.1) is 0 Å². The normalized spacial score (nSPS) is 15.0. The molecule has 1 atom stereocenters. The maximum atomic E-state index is 14.0. The number of nitrogens with zero attached hydrogens (tertiary/aromatic N) is 4. The van der Waals surface area contributed by atoms with Gasteiger partial charge in [-0.1, -0.05) is 23.2 Å². The van der Waals surface area contributed by atoms with E-state index in [0.29, 0.717) is 0 Å². The highest BCUT2D eigenvalue weighted by Gasteiger charge is 2.38. The summed E-state index contributed by atoms with van der Waals surface area (Å²) in [5.74, 6) is -1.67. The lowest BCUT2D eigenvalue weighted by atomic mass is 10.0. The molecule has 3 N–H and O–H groups in total. The molecular weight excluding hydrogens is 508 g/mol.